The number of allylic oxidation sites excluding steroid dienone is 1. The zero-order valence-electron chi connectivity index (χ0n) is 12.8. The first-order chi connectivity index (χ1) is 9.31. The summed E-state index contributed by atoms with van der Waals surface area (Å²) in [6.07, 6.45) is 2.53. The number of hydrogen-bond acceptors (Lipinski definition) is 4. The fraction of sp³-hybridized carbons (Fsp3) is 0.800. The van der Waals surface area contributed by atoms with E-state index in [1.54, 1.807) is 6.08 Å². The molecule has 5 nitrogen and oxygen atoms in total. The Labute approximate surface area is 120 Å². The molecular weight excluding hydrogens is 260 g/mol. The molecule has 0 unspecified atom stereocenters. The molecule has 20 heavy (non-hydrogen) atoms. The predicted molar refractivity (Wildman–Crippen MR) is 75.0 cm³/mol. The maximum atomic E-state index is 11.2. The third kappa shape index (κ3) is 4.21. The average Bonchev–Trinajstić information content (AvgIpc) is 2.35. The molecule has 0 bridgehead atoms. The van der Waals surface area contributed by atoms with Crippen LogP contribution in [0.25, 0.3) is 0 Å². The van der Waals surface area contributed by atoms with Crippen molar-refractivity contribution in [3.8, 4) is 0 Å². The lowest BCUT2D eigenvalue weighted by molar-refractivity contribution is -0.184. The SMILES string of the molecule is CCO[C@H]1OC(C(=O)O)=C[C@@H](C(C)(C)C)[C@@H]1CCCO. The summed E-state index contributed by atoms with van der Waals surface area (Å²) in [5.41, 5.74) is -0.0973. The number of carbonyl (C=O) groups is 1. The van der Waals surface area contributed by atoms with Crippen molar-refractivity contribution >= 4 is 5.97 Å². The number of aliphatic hydroxyl groups excluding tert-OH is 1. The maximum Gasteiger partial charge on any atom is 0.370 e. The summed E-state index contributed by atoms with van der Waals surface area (Å²) < 4.78 is 11.1. The Kier molecular flexibility index (Phi) is 6.02. The van der Waals surface area contributed by atoms with Crippen LogP contribution in [0.4, 0.5) is 0 Å². The smallest absolute Gasteiger partial charge is 0.370 e. The Bertz CT molecular complexity index is 356. The van der Waals surface area contributed by atoms with E-state index in [1.807, 2.05) is 6.92 Å². The third-order valence-electron chi connectivity index (χ3n) is 3.62. The van der Waals surface area contributed by atoms with Gasteiger partial charge < -0.3 is 19.7 Å². The number of rotatable bonds is 6. The van der Waals surface area contributed by atoms with Crippen LogP contribution < -0.4 is 0 Å². The van der Waals surface area contributed by atoms with Gasteiger partial charge in [0.1, 0.15) is 0 Å². The van der Waals surface area contributed by atoms with Crippen molar-refractivity contribution in [3.05, 3.63) is 11.8 Å². The second-order valence-electron chi connectivity index (χ2n) is 6.20. The van der Waals surface area contributed by atoms with Crippen LogP contribution >= 0.6 is 0 Å². The molecule has 0 aromatic rings. The van der Waals surface area contributed by atoms with Crippen molar-refractivity contribution in [2.45, 2.75) is 46.8 Å². The van der Waals surface area contributed by atoms with Gasteiger partial charge >= 0.3 is 5.97 Å². The molecule has 0 radical (unpaired) electrons. The summed E-state index contributed by atoms with van der Waals surface area (Å²) >= 11 is 0. The number of hydrogen-bond donors (Lipinski definition) is 2. The van der Waals surface area contributed by atoms with Crippen LogP contribution in [0.5, 0.6) is 0 Å². The van der Waals surface area contributed by atoms with Crippen molar-refractivity contribution < 1.29 is 24.5 Å². The monoisotopic (exact) mass is 286 g/mol. The minimum Gasteiger partial charge on any atom is -0.475 e. The zero-order valence-corrected chi connectivity index (χ0v) is 12.8. The van der Waals surface area contributed by atoms with Crippen molar-refractivity contribution in [2.24, 2.45) is 17.3 Å². The van der Waals surface area contributed by atoms with Gasteiger partial charge in [0.2, 0.25) is 12.0 Å². The fourth-order valence-corrected chi connectivity index (χ4v) is 2.69. The third-order valence-corrected chi connectivity index (χ3v) is 3.62. The molecule has 0 aromatic carbocycles. The van der Waals surface area contributed by atoms with Gasteiger partial charge in [-0.3, -0.25) is 0 Å². The van der Waals surface area contributed by atoms with Gasteiger partial charge in [-0.15, -0.1) is 0 Å². The highest BCUT2D eigenvalue weighted by molar-refractivity contribution is 5.84. The molecule has 5 heteroatoms. The van der Waals surface area contributed by atoms with E-state index in [0.29, 0.717) is 13.0 Å². The van der Waals surface area contributed by atoms with Gasteiger partial charge in [0, 0.05) is 19.1 Å². The highest BCUT2D eigenvalue weighted by Gasteiger charge is 2.42. The van der Waals surface area contributed by atoms with E-state index in [0.717, 1.165) is 6.42 Å². The first-order valence-corrected chi connectivity index (χ1v) is 7.15. The Morgan fingerprint density at radius 1 is 1.45 bits per heavy atom. The lowest BCUT2D eigenvalue weighted by atomic mass is 9.70. The molecule has 0 fully saturated rings. The summed E-state index contributed by atoms with van der Waals surface area (Å²) in [5.74, 6) is -1.02. The van der Waals surface area contributed by atoms with Crippen LogP contribution in [0.15, 0.2) is 11.8 Å². The number of aliphatic hydroxyl groups is 1. The lowest BCUT2D eigenvalue weighted by Gasteiger charge is -2.42. The van der Waals surface area contributed by atoms with E-state index in [2.05, 4.69) is 20.8 Å². The molecule has 2 N–H and O–H groups in total. The minimum atomic E-state index is -1.07. The molecule has 1 rings (SSSR count). The molecule has 1 aliphatic rings. The van der Waals surface area contributed by atoms with Crippen LogP contribution in [0.3, 0.4) is 0 Å². The first kappa shape index (κ1) is 17.0. The predicted octanol–water partition coefficient (Wildman–Crippen LogP) is 2.40. The van der Waals surface area contributed by atoms with Crippen molar-refractivity contribution in [2.75, 3.05) is 13.2 Å². The molecule has 0 amide bonds. The number of carboxylic acid groups (broad SMARTS) is 1. The van der Waals surface area contributed by atoms with Gasteiger partial charge in [0.25, 0.3) is 0 Å². The van der Waals surface area contributed by atoms with Gasteiger partial charge in [0.05, 0.1) is 0 Å². The summed E-state index contributed by atoms with van der Waals surface area (Å²) in [4.78, 5) is 11.2. The Morgan fingerprint density at radius 3 is 2.55 bits per heavy atom. The first-order valence-electron chi connectivity index (χ1n) is 7.15. The highest BCUT2D eigenvalue weighted by Crippen LogP contribution is 2.42. The van der Waals surface area contributed by atoms with E-state index >= 15 is 0 Å². The second-order valence-corrected chi connectivity index (χ2v) is 6.20. The molecule has 116 valence electrons. The molecule has 0 aliphatic carbocycles. The van der Waals surface area contributed by atoms with Gasteiger partial charge in [-0.1, -0.05) is 20.8 Å². The molecule has 0 saturated heterocycles. The molecule has 3 atom stereocenters. The zero-order chi connectivity index (χ0) is 15.3. The Hall–Kier alpha value is -1.07. The molecular formula is C15H26O5. The molecule has 1 heterocycles. The number of ether oxygens (including phenoxy) is 2. The highest BCUT2D eigenvalue weighted by atomic mass is 16.7. The van der Waals surface area contributed by atoms with Gasteiger partial charge in [0.15, 0.2) is 0 Å². The minimum absolute atomic E-state index is 0.0328. The van der Waals surface area contributed by atoms with Gasteiger partial charge in [-0.2, -0.15) is 0 Å². The summed E-state index contributed by atoms with van der Waals surface area (Å²) in [5, 5.41) is 18.2. The van der Waals surface area contributed by atoms with Crippen LogP contribution in [0.1, 0.15) is 40.5 Å². The van der Waals surface area contributed by atoms with Crippen molar-refractivity contribution in [3.63, 3.8) is 0 Å². The van der Waals surface area contributed by atoms with E-state index in [1.165, 1.54) is 0 Å². The van der Waals surface area contributed by atoms with Crippen LogP contribution in [-0.4, -0.2) is 35.7 Å². The average molecular weight is 286 g/mol. The van der Waals surface area contributed by atoms with Crippen molar-refractivity contribution in [1.29, 1.82) is 0 Å². The number of carboxylic acids is 1. The normalized spacial score (nSPS) is 26.9. The van der Waals surface area contributed by atoms with E-state index in [-0.39, 0.29) is 29.6 Å². The molecule has 0 spiro atoms. The van der Waals surface area contributed by atoms with Gasteiger partial charge in [-0.25, -0.2) is 4.79 Å². The van der Waals surface area contributed by atoms with Crippen molar-refractivity contribution in [1.82, 2.24) is 0 Å². The number of aliphatic carboxylic acids is 1. The van der Waals surface area contributed by atoms with E-state index in [9.17, 15) is 9.90 Å². The maximum absolute atomic E-state index is 11.2. The largest absolute Gasteiger partial charge is 0.475 e. The van der Waals surface area contributed by atoms with Crippen LogP contribution in [0, 0.1) is 17.3 Å². The topological polar surface area (TPSA) is 76.0 Å². The standard InChI is InChI=1S/C15H26O5/c1-5-19-14-10(7-6-8-16)11(15(2,3)4)9-12(20-14)13(17)18/h9-11,14,16H,5-8H2,1-4H3,(H,17,18)/t10-,11+,14-/m0/s1. The Morgan fingerprint density at radius 2 is 2.10 bits per heavy atom. The van der Waals surface area contributed by atoms with E-state index in [4.69, 9.17) is 14.6 Å². The summed E-state index contributed by atoms with van der Waals surface area (Å²) in [6, 6.07) is 0. The Balaban J connectivity index is 3.07. The lowest BCUT2D eigenvalue weighted by Crippen LogP contribution is -2.42. The fourth-order valence-electron chi connectivity index (χ4n) is 2.69. The van der Waals surface area contributed by atoms with Crippen LogP contribution in [-0.2, 0) is 14.3 Å². The quantitative estimate of drug-likeness (QED) is 0.784. The summed E-state index contributed by atoms with van der Waals surface area (Å²) in [7, 11) is 0. The molecule has 0 aromatic heterocycles. The van der Waals surface area contributed by atoms with E-state index < -0.39 is 12.3 Å². The summed E-state index contributed by atoms with van der Waals surface area (Å²) in [6.45, 7) is 8.67. The second kappa shape index (κ2) is 7.09. The molecule has 1 aliphatic heterocycles. The van der Waals surface area contributed by atoms with Gasteiger partial charge in [-0.05, 0) is 37.2 Å². The molecule has 0 saturated carbocycles. The van der Waals surface area contributed by atoms with Crippen LogP contribution in [0.2, 0.25) is 0 Å².